The number of hydrogen-bond donors (Lipinski definition) is 2. The third-order valence-electron chi connectivity index (χ3n) is 1.37. The summed E-state index contributed by atoms with van der Waals surface area (Å²) in [6.07, 6.45) is 1.84. The molecule has 0 atom stereocenters. The average molecular weight is 188 g/mol. The highest BCUT2D eigenvalue weighted by Gasteiger charge is 1.88. The molecule has 0 heterocycles. The highest BCUT2D eigenvalue weighted by Crippen LogP contribution is 1.71. The summed E-state index contributed by atoms with van der Waals surface area (Å²) in [6.45, 7) is 11.0. The van der Waals surface area contributed by atoms with Crippen LogP contribution in [0.5, 0.6) is 0 Å². The Balaban J connectivity index is 0. The van der Waals surface area contributed by atoms with E-state index in [0.717, 1.165) is 19.6 Å². The van der Waals surface area contributed by atoms with Crippen molar-refractivity contribution in [1.29, 1.82) is 0 Å². The summed E-state index contributed by atoms with van der Waals surface area (Å²) in [5.41, 5.74) is 0. The smallest absolute Gasteiger partial charge is 0.219 e. The maximum absolute atomic E-state index is 10.3. The fraction of sp³-hybridized carbons (Fsp3) is 0.900. The number of nitrogens with one attached hydrogen (secondary N) is 2. The fourth-order valence-electron chi connectivity index (χ4n) is 0.676. The Kier molecular flexibility index (Phi) is 16.1. The molecule has 0 saturated heterocycles. The van der Waals surface area contributed by atoms with E-state index < -0.39 is 0 Å². The zero-order chi connectivity index (χ0) is 10.5. The Morgan fingerprint density at radius 2 is 1.69 bits per heavy atom. The third-order valence-corrected chi connectivity index (χ3v) is 1.37. The summed E-state index contributed by atoms with van der Waals surface area (Å²) in [6, 6.07) is 0. The van der Waals surface area contributed by atoms with Crippen molar-refractivity contribution in [2.45, 2.75) is 40.5 Å². The molecule has 0 aliphatic rings. The van der Waals surface area contributed by atoms with E-state index >= 15 is 0 Å². The standard InChI is InChI=1S/C5H11NO.C5H13N/c1-3-5(7)6-4-2;1-3-5-6-4-2/h3-4H2,1-2H3,(H,6,7);6H,3-5H2,1-2H3. The molecule has 0 bridgehead atoms. The van der Waals surface area contributed by atoms with Gasteiger partial charge in [-0.15, -0.1) is 0 Å². The summed E-state index contributed by atoms with van der Waals surface area (Å²) < 4.78 is 0. The molecule has 80 valence electrons. The van der Waals surface area contributed by atoms with Gasteiger partial charge in [-0.3, -0.25) is 4.79 Å². The van der Waals surface area contributed by atoms with Crippen molar-refractivity contribution >= 4 is 5.91 Å². The zero-order valence-electron chi connectivity index (χ0n) is 9.44. The third kappa shape index (κ3) is 18.4. The van der Waals surface area contributed by atoms with Crippen LogP contribution in [-0.4, -0.2) is 25.5 Å². The topological polar surface area (TPSA) is 41.1 Å². The maximum Gasteiger partial charge on any atom is 0.219 e. The molecule has 13 heavy (non-hydrogen) atoms. The molecule has 2 N–H and O–H groups in total. The van der Waals surface area contributed by atoms with Crippen LogP contribution in [0.15, 0.2) is 0 Å². The molecule has 0 radical (unpaired) electrons. The summed E-state index contributed by atoms with van der Waals surface area (Å²) in [7, 11) is 0. The predicted octanol–water partition coefficient (Wildman–Crippen LogP) is 1.54. The van der Waals surface area contributed by atoms with Gasteiger partial charge in [0.05, 0.1) is 0 Å². The second kappa shape index (κ2) is 14.0. The summed E-state index contributed by atoms with van der Waals surface area (Å²) in [4.78, 5) is 10.3. The molecule has 0 saturated carbocycles. The van der Waals surface area contributed by atoms with Gasteiger partial charge in [0.15, 0.2) is 0 Å². The van der Waals surface area contributed by atoms with Gasteiger partial charge in [0.1, 0.15) is 0 Å². The van der Waals surface area contributed by atoms with E-state index in [9.17, 15) is 4.79 Å². The summed E-state index contributed by atoms with van der Waals surface area (Å²) >= 11 is 0. The summed E-state index contributed by atoms with van der Waals surface area (Å²) in [5, 5.41) is 5.85. The average Bonchev–Trinajstić information content (AvgIpc) is 2.16. The van der Waals surface area contributed by atoms with Gasteiger partial charge in [-0.05, 0) is 26.4 Å². The quantitative estimate of drug-likeness (QED) is 0.643. The van der Waals surface area contributed by atoms with Crippen molar-refractivity contribution in [2.75, 3.05) is 19.6 Å². The second-order valence-corrected chi connectivity index (χ2v) is 2.66. The number of rotatable bonds is 5. The van der Waals surface area contributed by atoms with Crippen LogP contribution < -0.4 is 10.6 Å². The molecule has 0 aliphatic carbocycles. The van der Waals surface area contributed by atoms with Crippen molar-refractivity contribution in [3.8, 4) is 0 Å². The first kappa shape index (κ1) is 14.9. The van der Waals surface area contributed by atoms with Gasteiger partial charge in [0.25, 0.3) is 0 Å². The van der Waals surface area contributed by atoms with Crippen molar-refractivity contribution in [3.63, 3.8) is 0 Å². The molecule has 0 aliphatic heterocycles. The minimum Gasteiger partial charge on any atom is -0.356 e. The van der Waals surface area contributed by atoms with Crippen molar-refractivity contribution < 1.29 is 4.79 Å². The van der Waals surface area contributed by atoms with E-state index in [0.29, 0.717) is 6.42 Å². The van der Waals surface area contributed by atoms with Crippen LogP contribution in [0.25, 0.3) is 0 Å². The van der Waals surface area contributed by atoms with E-state index in [2.05, 4.69) is 24.5 Å². The van der Waals surface area contributed by atoms with Crippen LogP contribution in [0.2, 0.25) is 0 Å². The van der Waals surface area contributed by atoms with Gasteiger partial charge >= 0.3 is 0 Å². The predicted molar refractivity (Wildman–Crippen MR) is 57.8 cm³/mol. The number of amides is 1. The minimum absolute atomic E-state index is 0.127. The first-order valence-corrected chi connectivity index (χ1v) is 5.20. The first-order chi connectivity index (χ1) is 6.22. The van der Waals surface area contributed by atoms with E-state index in [4.69, 9.17) is 0 Å². The van der Waals surface area contributed by atoms with Gasteiger partial charge < -0.3 is 10.6 Å². The van der Waals surface area contributed by atoms with E-state index in [1.54, 1.807) is 0 Å². The Hall–Kier alpha value is -0.570. The summed E-state index contributed by atoms with van der Waals surface area (Å²) in [5.74, 6) is 0.127. The molecule has 0 unspecified atom stereocenters. The number of carbonyl (C=O) groups is 1. The molecule has 0 spiro atoms. The lowest BCUT2D eigenvalue weighted by molar-refractivity contribution is -0.120. The van der Waals surface area contributed by atoms with Crippen molar-refractivity contribution in [1.82, 2.24) is 10.6 Å². The molecule has 0 fully saturated rings. The molecule has 0 aromatic heterocycles. The highest BCUT2D eigenvalue weighted by atomic mass is 16.1. The van der Waals surface area contributed by atoms with E-state index in [1.807, 2.05) is 13.8 Å². The largest absolute Gasteiger partial charge is 0.356 e. The Morgan fingerprint density at radius 1 is 1.08 bits per heavy atom. The van der Waals surface area contributed by atoms with Gasteiger partial charge in [-0.1, -0.05) is 20.8 Å². The Morgan fingerprint density at radius 3 is 1.85 bits per heavy atom. The molecular formula is C10H24N2O. The first-order valence-electron chi connectivity index (χ1n) is 5.20. The molecule has 1 amide bonds. The second-order valence-electron chi connectivity index (χ2n) is 2.66. The van der Waals surface area contributed by atoms with Gasteiger partial charge in [0.2, 0.25) is 5.91 Å². The fourth-order valence-corrected chi connectivity index (χ4v) is 0.676. The highest BCUT2D eigenvalue weighted by molar-refractivity contribution is 5.75. The van der Waals surface area contributed by atoms with Crippen LogP contribution in [-0.2, 0) is 4.79 Å². The number of carbonyl (C=O) groups excluding carboxylic acids is 1. The van der Waals surface area contributed by atoms with Gasteiger partial charge in [0, 0.05) is 13.0 Å². The minimum atomic E-state index is 0.127. The molecule has 3 nitrogen and oxygen atoms in total. The zero-order valence-corrected chi connectivity index (χ0v) is 9.44. The normalized spacial score (nSPS) is 8.62. The van der Waals surface area contributed by atoms with Crippen LogP contribution in [0.1, 0.15) is 40.5 Å². The monoisotopic (exact) mass is 188 g/mol. The molecule has 0 aromatic carbocycles. The van der Waals surface area contributed by atoms with Gasteiger partial charge in [-0.25, -0.2) is 0 Å². The van der Waals surface area contributed by atoms with E-state index in [-0.39, 0.29) is 5.91 Å². The van der Waals surface area contributed by atoms with Crippen molar-refractivity contribution in [2.24, 2.45) is 0 Å². The Labute approximate surface area is 82.3 Å². The van der Waals surface area contributed by atoms with Crippen LogP contribution in [0, 0.1) is 0 Å². The van der Waals surface area contributed by atoms with Crippen LogP contribution in [0.3, 0.4) is 0 Å². The molecular weight excluding hydrogens is 164 g/mol. The van der Waals surface area contributed by atoms with Crippen molar-refractivity contribution in [3.05, 3.63) is 0 Å². The molecule has 0 aromatic rings. The lowest BCUT2D eigenvalue weighted by Crippen LogP contribution is -2.20. The maximum atomic E-state index is 10.3. The van der Waals surface area contributed by atoms with Gasteiger partial charge in [-0.2, -0.15) is 0 Å². The lowest BCUT2D eigenvalue weighted by atomic mass is 10.4. The van der Waals surface area contributed by atoms with Crippen LogP contribution >= 0.6 is 0 Å². The number of hydrogen-bond acceptors (Lipinski definition) is 2. The Bertz CT molecular complexity index is 101. The SMILES string of the molecule is CCCNCC.CCNC(=O)CC. The molecule has 3 heteroatoms. The van der Waals surface area contributed by atoms with E-state index in [1.165, 1.54) is 6.42 Å². The van der Waals surface area contributed by atoms with Crippen LogP contribution in [0.4, 0.5) is 0 Å². The molecule has 0 rings (SSSR count). The lowest BCUT2D eigenvalue weighted by Gasteiger charge is -1.93.